The maximum Gasteiger partial charge on any atom is 0.342 e. The molecule has 6 nitrogen and oxygen atoms in total. The van der Waals surface area contributed by atoms with Gasteiger partial charge in [0.05, 0.1) is 23.5 Å². The molecule has 2 aliphatic carbocycles. The van der Waals surface area contributed by atoms with Gasteiger partial charge >= 0.3 is 11.9 Å². The molecule has 3 fully saturated rings. The van der Waals surface area contributed by atoms with E-state index in [2.05, 4.69) is 5.10 Å². The monoisotopic (exact) mass is 356 g/mol. The Labute approximate surface area is 148 Å². The Hall–Kier alpha value is -2.70. The summed E-state index contributed by atoms with van der Waals surface area (Å²) in [4.78, 5) is 24.5. The lowest BCUT2D eigenvalue weighted by atomic mass is 9.88. The number of benzene rings is 1. The van der Waals surface area contributed by atoms with E-state index in [0.29, 0.717) is 16.9 Å². The number of carbonyl (C=O) groups excluding carboxylic acids is 2. The molecule has 2 aromatic rings. The zero-order valence-electron chi connectivity index (χ0n) is 14.1. The van der Waals surface area contributed by atoms with Crippen LogP contribution in [-0.4, -0.2) is 33.9 Å². The molecule has 26 heavy (non-hydrogen) atoms. The SMILES string of the molecule is Cc1c(C(=O)O[C@@H]2[C@@H]3C[C@@H]4[C@@H]2OC(=O)[C@@H]4C3)cnn1-c1ccc(F)cc1. The number of nitrogens with zero attached hydrogens (tertiary/aromatic N) is 2. The first kappa shape index (κ1) is 15.5. The van der Waals surface area contributed by atoms with E-state index in [0.717, 1.165) is 12.8 Å². The second-order valence-electron chi connectivity index (χ2n) is 7.31. The normalized spacial score (nSPS) is 31.3. The van der Waals surface area contributed by atoms with Crippen molar-refractivity contribution in [1.82, 2.24) is 9.78 Å². The predicted octanol–water partition coefficient (Wildman–Crippen LogP) is 2.43. The zero-order valence-corrected chi connectivity index (χ0v) is 14.1. The molecule has 1 aromatic carbocycles. The van der Waals surface area contributed by atoms with Gasteiger partial charge in [0.2, 0.25) is 0 Å². The zero-order chi connectivity index (χ0) is 18.0. The van der Waals surface area contributed by atoms with E-state index < -0.39 is 5.97 Å². The lowest BCUT2D eigenvalue weighted by Gasteiger charge is -2.25. The van der Waals surface area contributed by atoms with E-state index in [1.807, 2.05) is 0 Å². The van der Waals surface area contributed by atoms with Gasteiger partial charge in [0.25, 0.3) is 0 Å². The predicted molar refractivity (Wildman–Crippen MR) is 87.0 cm³/mol. The Morgan fingerprint density at radius 2 is 2.08 bits per heavy atom. The van der Waals surface area contributed by atoms with Crippen molar-refractivity contribution in [2.45, 2.75) is 32.0 Å². The molecule has 0 spiro atoms. The van der Waals surface area contributed by atoms with E-state index in [9.17, 15) is 14.0 Å². The molecular weight excluding hydrogens is 339 g/mol. The van der Waals surface area contributed by atoms with Gasteiger partial charge in [-0.25, -0.2) is 13.9 Å². The minimum atomic E-state index is -0.465. The molecule has 2 heterocycles. The second-order valence-corrected chi connectivity index (χ2v) is 7.31. The number of carbonyl (C=O) groups is 2. The number of esters is 2. The molecule has 134 valence electrons. The van der Waals surface area contributed by atoms with Gasteiger partial charge in [0.15, 0.2) is 0 Å². The van der Waals surface area contributed by atoms with Gasteiger partial charge in [-0.2, -0.15) is 5.10 Å². The maximum absolute atomic E-state index is 13.1. The van der Waals surface area contributed by atoms with Crippen molar-refractivity contribution in [1.29, 1.82) is 0 Å². The first-order valence-electron chi connectivity index (χ1n) is 8.75. The molecule has 2 bridgehead atoms. The van der Waals surface area contributed by atoms with Crippen LogP contribution in [0.1, 0.15) is 28.9 Å². The molecule has 1 aliphatic heterocycles. The van der Waals surface area contributed by atoms with Gasteiger partial charge in [0, 0.05) is 11.8 Å². The van der Waals surface area contributed by atoms with Crippen LogP contribution in [0.5, 0.6) is 0 Å². The van der Waals surface area contributed by atoms with Gasteiger partial charge < -0.3 is 9.47 Å². The summed E-state index contributed by atoms with van der Waals surface area (Å²) < 4.78 is 25.8. The highest BCUT2D eigenvalue weighted by molar-refractivity contribution is 5.90. The smallest absolute Gasteiger partial charge is 0.342 e. The molecule has 2 saturated carbocycles. The molecule has 0 N–H and O–H groups in total. The van der Waals surface area contributed by atoms with Crippen LogP contribution in [0.25, 0.3) is 5.69 Å². The Kier molecular flexibility index (Phi) is 3.23. The number of halogens is 1. The van der Waals surface area contributed by atoms with Crippen molar-refractivity contribution >= 4 is 11.9 Å². The number of fused-ring (bicyclic) bond motifs is 1. The van der Waals surface area contributed by atoms with Crippen molar-refractivity contribution in [2.75, 3.05) is 0 Å². The highest BCUT2D eigenvalue weighted by Crippen LogP contribution is 2.55. The molecule has 1 aromatic heterocycles. The van der Waals surface area contributed by atoms with Crippen molar-refractivity contribution in [2.24, 2.45) is 17.8 Å². The summed E-state index contributed by atoms with van der Waals surface area (Å²) in [5.41, 5.74) is 1.64. The fourth-order valence-corrected chi connectivity index (χ4v) is 4.70. The van der Waals surface area contributed by atoms with Gasteiger partial charge in [-0.3, -0.25) is 4.79 Å². The van der Waals surface area contributed by atoms with Crippen LogP contribution in [0, 0.1) is 30.5 Å². The summed E-state index contributed by atoms with van der Waals surface area (Å²) in [6.45, 7) is 1.76. The molecule has 5 atom stereocenters. The van der Waals surface area contributed by atoms with Crippen LogP contribution in [0.2, 0.25) is 0 Å². The Balaban J connectivity index is 1.37. The van der Waals surface area contributed by atoms with Crippen LogP contribution < -0.4 is 0 Å². The minimum Gasteiger partial charge on any atom is -0.458 e. The van der Waals surface area contributed by atoms with Crippen molar-refractivity contribution in [3.63, 3.8) is 0 Å². The molecule has 0 unspecified atom stereocenters. The average molecular weight is 356 g/mol. The van der Waals surface area contributed by atoms with E-state index in [4.69, 9.17) is 9.47 Å². The number of hydrogen-bond acceptors (Lipinski definition) is 5. The number of aromatic nitrogens is 2. The molecule has 1 saturated heterocycles. The highest BCUT2D eigenvalue weighted by atomic mass is 19.1. The minimum absolute atomic E-state index is 0.0112. The highest BCUT2D eigenvalue weighted by Gasteiger charge is 2.63. The third kappa shape index (κ3) is 2.12. The van der Waals surface area contributed by atoms with Gasteiger partial charge in [-0.15, -0.1) is 0 Å². The molecule has 5 rings (SSSR count). The number of ether oxygens (including phenoxy) is 2. The first-order chi connectivity index (χ1) is 12.5. The Bertz CT molecular complexity index is 907. The van der Waals surface area contributed by atoms with Gasteiger partial charge in [-0.1, -0.05) is 0 Å². The van der Waals surface area contributed by atoms with Gasteiger partial charge in [-0.05, 0) is 44.0 Å². The molecule has 0 amide bonds. The standard InChI is InChI=1S/C19H17FN2O4/c1-9-15(8-21-22(9)12-4-2-11(20)3-5-12)19(24)25-16-10-6-13-14(7-10)18(23)26-17(13)16/h2-5,8,10,13-14,16-17H,6-7H2,1H3/t10-,13+,14-,16-,17+/m1/s1. The summed E-state index contributed by atoms with van der Waals surface area (Å²) in [6, 6.07) is 5.88. The lowest BCUT2D eigenvalue weighted by molar-refractivity contribution is -0.146. The Morgan fingerprint density at radius 3 is 2.85 bits per heavy atom. The summed E-state index contributed by atoms with van der Waals surface area (Å²) in [6.07, 6.45) is 2.41. The largest absolute Gasteiger partial charge is 0.458 e. The van der Waals surface area contributed by atoms with E-state index in [-0.39, 0.29) is 41.7 Å². The average Bonchev–Trinajstić information content (AvgIpc) is 3.33. The van der Waals surface area contributed by atoms with Crippen LogP contribution in [0.4, 0.5) is 4.39 Å². The third-order valence-electron chi connectivity index (χ3n) is 5.96. The van der Waals surface area contributed by atoms with Crippen LogP contribution in [0.15, 0.2) is 30.5 Å². The number of rotatable bonds is 3. The lowest BCUT2D eigenvalue weighted by Crippen LogP contribution is -2.36. The maximum atomic E-state index is 13.1. The topological polar surface area (TPSA) is 70.4 Å². The fourth-order valence-electron chi connectivity index (χ4n) is 4.70. The summed E-state index contributed by atoms with van der Waals surface area (Å²) in [5, 5.41) is 4.23. The summed E-state index contributed by atoms with van der Waals surface area (Å²) in [5.74, 6) is -0.581. The second kappa shape index (κ2) is 5.40. The van der Waals surface area contributed by atoms with Crippen molar-refractivity contribution in [3.05, 3.63) is 47.5 Å². The van der Waals surface area contributed by atoms with Crippen molar-refractivity contribution in [3.8, 4) is 5.69 Å². The molecule has 3 aliphatic rings. The van der Waals surface area contributed by atoms with E-state index in [1.54, 1.807) is 23.7 Å². The summed E-state index contributed by atoms with van der Waals surface area (Å²) in [7, 11) is 0. The van der Waals surface area contributed by atoms with Crippen LogP contribution in [-0.2, 0) is 14.3 Å². The van der Waals surface area contributed by atoms with Crippen LogP contribution in [0.3, 0.4) is 0 Å². The third-order valence-corrected chi connectivity index (χ3v) is 5.96. The number of hydrogen-bond donors (Lipinski definition) is 0. The fraction of sp³-hybridized carbons (Fsp3) is 0.421. The van der Waals surface area contributed by atoms with Crippen molar-refractivity contribution < 1.29 is 23.5 Å². The molecular formula is C19H17FN2O4. The molecule has 7 heteroatoms. The van der Waals surface area contributed by atoms with E-state index >= 15 is 0 Å². The van der Waals surface area contributed by atoms with E-state index in [1.165, 1.54) is 18.3 Å². The first-order valence-corrected chi connectivity index (χ1v) is 8.75. The summed E-state index contributed by atoms with van der Waals surface area (Å²) >= 11 is 0. The van der Waals surface area contributed by atoms with Crippen LogP contribution >= 0.6 is 0 Å². The quantitative estimate of drug-likeness (QED) is 0.790. The van der Waals surface area contributed by atoms with Gasteiger partial charge in [0.1, 0.15) is 23.6 Å². The Morgan fingerprint density at radius 1 is 1.31 bits per heavy atom. The molecule has 0 radical (unpaired) electrons.